The van der Waals surface area contributed by atoms with Crippen molar-refractivity contribution in [3.63, 3.8) is 0 Å². The predicted octanol–water partition coefficient (Wildman–Crippen LogP) is 7.41. The molecule has 0 radical (unpaired) electrons. The van der Waals surface area contributed by atoms with Crippen molar-refractivity contribution in [2.45, 2.75) is 70.6 Å². The van der Waals surface area contributed by atoms with Crippen molar-refractivity contribution in [2.24, 2.45) is 5.92 Å². The minimum absolute atomic E-state index is 0.0628. The van der Waals surface area contributed by atoms with E-state index < -0.39 is 29.9 Å². The third-order valence-corrected chi connectivity index (χ3v) is 9.12. The van der Waals surface area contributed by atoms with Crippen LogP contribution in [0.4, 0.5) is 19.4 Å². The molecule has 2 aliphatic heterocycles. The Morgan fingerprint density at radius 2 is 1.82 bits per heavy atom. The Morgan fingerprint density at radius 1 is 1.09 bits per heavy atom. The highest BCUT2D eigenvalue weighted by Crippen LogP contribution is 2.41. The summed E-state index contributed by atoms with van der Waals surface area (Å²) in [5, 5.41) is 0. The van der Waals surface area contributed by atoms with Gasteiger partial charge in [-0.2, -0.15) is 0 Å². The second-order valence-corrected chi connectivity index (χ2v) is 12.0. The van der Waals surface area contributed by atoms with Crippen LogP contribution in [0.5, 0.6) is 5.75 Å². The van der Waals surface area contributed by atoms with Crippen molar-refractivity contribution < 1.29 is 32.6 Å². The van der Waals surface area contributed by atoms with Gasteiger partial charge in [-0.3, -0.25) is 9.69 Å². The molecule has 1 aromatic heterocycles. The van der Waals surface area contributed by atoms with Crippen LogP contribution >= 0.6 is 0 Å². The number of esters is 1. The second-order valence-electron chi connectivity index (χ2n) is 12.0. The Bertz CT molecular complexity index is 1510. The first kappa shape index (κ1) is 32.2. The first-order chi connectivity index (χ1) is 21.6. The van der Waals surface area contributed by atoms with Crippen molar-refractivity contribution in [2.75, 3.05) is 32.2 Å². The highest BCUT2D eigenvalue weighted by atomic mass is 19.1. The van der Waals surface area contributed by atoms with Crippen LogP contribution in [0.15, 0.2) is 66.3 Å². The van der Waals surface area contributed by atoms with Crippen molar-refractivity contribution in [1.29, 1.82) is 0 Å². The molecule has 2 atom stereocenters. The molecule has 45 heavy (non-hydrogen) atoms. The van der Waals surface area contributed by atoms with Gasteiger partial charge in [0.1, 0.15) is 23.5 Å². The molecular formula is C35H41F2N3O5. The molecule has 3 aliphatic rings. The number of hydrogen-bond donors (Lipinski definition) is 0. The number of cyclic esters (lactones) is 1. The second kappa shape index (κ2) is 13.8. The SMILES string of the molecule is C=C(/C=C(F)\C=C(/C)F)[C@H]1OC(=O)N(Cc2nc(N3CCC3)ccc2-c2cc(C3CCC(C(=O)OC)CC3)ccc2OC)[C@H]1C. The van der Waals surface area contributed by atoms with E-state index in [1.54, 1.807) is 12.0 Å². The average Bonchev–Trinajstić information content (AvgIpc) is 3.28. The molecule has 0 spiro atoms. The number of rotatable bonds is 10. The van der Waals surface area contributed by atoms with Gasteiger partial charge in [0, 0.05) is 30.3 Å². The minimum atomic E-state index is -0.809. The molecule has 0 N–H and O–H groups in total. The summed E-state index contributed by atoms with van der Waals surface area (Å²) < 4.78 is 43.8. The number of halogens is 2. The number of amides is 1. The lowest BCUT2D eigenvalue weighted by atomic mass is 9.78. The van der Waals surface area contributed by atoms with Gasteiger partial charge in [-0.1, -0.05) is 12.6 Å². The molecule has 8 nitrogen and oxygen atoms in total. The average molecular weight is 622 g/mol. The third kappa shape index (κ3) is 7.05. The minimum Gasteiger partial charge on any atom is -0.496 e. The van der Waals surface area contributed by atoms with E-state index >= 15 is 0 Å². The Balaban J connectivity index is 1.45. The highest BCUT2D eigenvalue weighted by Gasteiger charge is 2.40. The van der Waals surface area contributed by atoms with Gasteiger partial charge in [-0.25, -0.2) is 18.6 Å². The van der Waals surface area contributed by atoms with Crippen molar-refractivity contribution in [3.8, 4) is 16.9 Å². The highest BCUT2D eigenvalue weighted by molar-refractivity contribution is 5.76. The normalized spacial score (nSPS) is 23.8. The van der Waals surface area contributed by atoms with Crippen LogP contribution in [0.2, 0.25) is 0 Å². The molecule has 1 aromatic carbocycles. The number of hydrogen-bond acceptors (Lipinski definition) is 7. The maximum absolute atomic E-state index is 14.2. The van der Waals surface area contributed by atoms with Gasteiger partial charge in [-0.05, 0) is 93.3 Å². The fraction of sp³-hybridized carbons (Fsp3) is 0.457. The van der Waals surface area contributed by atoms with Crippen LogP contribution in [0.1, 0.15) is 63.1 Å². The Kier molecular flexibility index (Phi) is 9.90. The number of pyridine rings is 1. The summed E-state index contributed by atoms with van der Waals surface area (Å²) in [6.07, 6.45) is 4.87. The fourth-order valence-electron chi connectivity index (χ4n) is 6.45. The largest absolute Gasteiger partial charge is 0.496 e. The Morgan fingerprint density at radius 3 is 2.44 bits per heavy atom. The molecule has 5 rings (SSSR count). The number of anilines is 1. The number of allylic oxidation sites excluding steroid dienone is 3. The zero-order valence-electron chi connectivity index (χ0n) is 26.4. The number of benzene rings is 1. The van der Waals surface area contributed by atoms with E-state index in [9.17, 15) is 18.4 Å². The first-order valence-corrected chi connectivity index (χ1v) is 15.5. The Hall–Kier alpha value is -4.21. The molecule has 240 valence electrons. The predicted molar refractivity (Wildman–Crippen MR) is 168 cm³/mol. The molecule has 1 amide bonds. The lowest BCUT2D eigenvalue weighted by Crippen LogP contribution is -2.38. The lowest BCUT2D eigenvalue weighted by Gasteiger charge is -2.33. The first-order valence-electron chi connectivity index (χ1n) is 15.5. The zero-order valence-corrected chi connectivity index (χ0v) is 26.4. The topological polar surface area (TPSA) is 81.2 Å². The van der Waals surface area contributed by atoms with Gasteiger partial charge in [-0.15, -0.1) is 0 Å². The molecule has 10 heteroatoms. The smallest absolute Gasteiger partial charge is 0.411 e. The number of nitrogens with zero attached hydrogens (tertiary/aromatic N) is 3. The molecule has 1 aliphatic carbocycles. The van der Waals surface area contributed by atoms with Crippen LogP contribution in [0.3, 0.4) is 0 Å². The van der Waals surface area contributed by atoms with Crippen LogP contribution in [0.25, 0.3) is 11.1 Å². The number of carbonyl (C=O) groups is 2. The summed E-state index contributed by atoms with van der Waals surface area (Å²) >= 11 is 0. The summed E-state index contributed by atoms with van der Waals surface area (Å²) in [5.41, 5.74) is 3.76. The van der Waals surface area contributed by atoms with Gasteiger partial charge in [0.2, 0.25) is 0 Å². The molecule has 0 unspecified atom stereocenters. The van der Waals surface area contributed by atoms with Gasteiger partial charge in [0.15, 0.2) is 0 Å². The van der Waals surface area contributed by atoms with Crippen LogP contribution in [-0.2, 0) is 20.8 Å². The van der Waals surface area contributed by atoms with Gasteiger partial charge in [0.25, 0.3) is 0 Å². The standard InChI is InChI=1S/C35H41F2N3O5/c1-21(17-27(37)18-22(2)36)33-23(3)40(35(42)45-33)20-30-28(12-14-32(38-30)39-15-6-16-39)29-19-26(11-13-31(29)43-4)24-7-9-25(10-8-24)34(41)44-5/h11-14,17-19,23-25,33H,1,6-10,15-16,20H2,2-5H3/b22-18+,27-17+/t23-,24?,25?,33+/m0/s1. The molecule has 1 saturated carbocycles. The number of ether oxygens (including phenoxy) is 3. The monoisotopic (exact) mass is 621 g/mol. The van der Waals surface area contributed by atoms with E-state index in [2.05, 4.69) is 23.6 Å². The lowest BCUT2D eigenvalue weighted by molar-refractivity contribution is -0.146. The quantitative estimate of drug-likeness (QED) is 0.202. The molecule has 2 aromatic rings. The number of methoxy groups -OCH3 is 2. The van der Waals surface area contributed by atoms with E-state index in [0.29, 0.717) is 11.4 Å². The van der Waals surface area contributed by atoms with E-state index in [0.717, 1.165) is 86.8 Å². The summed E-state index contributed by atoms with van der Waals surface area (Å²) in [7, 11) is 3.07. The number of aromatic nitrogens is 1. The van der Waals surface area contributed by atoms with Gasteiger partial charge < -0.3 is 19.1 Å². The van der Waals surface area contributed by atoms with Gasteiger partial charge >= 0.3 is 12.1 Å². The van der Waals surface area contributed by atoms with E-state index in [1.165, 1.54) is 7.11 Å². The molecule has 3 fully saturated rings. The zero-order chi connectivity index (χ0) is 32.2. The van der Waals surface area contributed by atoms with Crippen molar-refractivity contribution in [3.05, 3.63) is 77.5 Å². The molecule has 0 bridgehead atoms. The van der Waals surface area contributed by atoms with Crippen molar-refractivity contribution >= 4 is 17.9 Å². The summed E-state index contributed by atoms with van der Waals surface area (Å²) in [6.45, 7) is 8.82. The summed E-state index contributed by atoms with van der Waals surface area (Å²) in [5.74, 6) is 0.111. The summed E-state index contributed by atoms with van der Waals surface area (Å²) in [4.78, 5) is 34.0. The Labute approximate surface area is 263 Å². The van der Waals surface area contributed by atoms with E-state index in [-0.39, 0.29) is 29.9 Å². The van der Waals surface area contributed by atoms with Crippen LogP contribution in [0, 0.1) is 5.92 Å². The number of carbonyl (C=O) groups excluding carboxylic acids is 2. The third-order valence-electron chi connectivity index (χ3n) is 9.12. The maximum atomic E-state index is 14.2. The maximum Gasteiger partial charge on any atom is 0.411 e. The van der Waals surface area contributed by atoms with Crippen LogP contribution < -0.4 is 9.64 Å². The van der Waals surface area contributed by atoms with Crippen molar-refractivity contribution in [1.82, 2.24) is 9.88 Å². The molecule has 2 saturated heterocycles. The fourth-order valence-corrected chi connectivity index (χ4v) is 6.45. The van der Waals surface area contributed by atoms with Crippen LogP contribution in [-0.4, -0.2) is 61.4 Å². The van der Waals surface area contributed by atoms with Gasteiger partial charge in [0.05, 0.1) is 44.2 Å². The van der Waals surface area contributed by atoms with E-state index in [4.69, 9.17) is 19.2 Å². The summed E-state index contributed by atoms with van der Waals surface area (Å²) in [6, 6.07) is 9.72. The van der Waals surface area contributed by atoms with E-state index in [1.807, 2.05) is 25.1 Å². The molecule has 3 heterocycles. The molecular weight excluding hydrogens is 580 g/mol.